The molecule has 0 radical (unpaired) electrons. The Hall–Kier alpha value is -1.58. The van der Waals surface area contributed by atoms with E-state index in [1.165, 1.54) is 12.1 Å². The van der Waals surface area contributed by atoms with Crippen molar-refractivity contribution in [3.8, 4) is 6.07 Å². The maximum atomic E-state index is 12.5. The predicted octanol–water partition coefficient (Wildman–Crippen LogP) is 2.35. The van der Waals surface area contributed by atoms with E-state index in [1.54, 1.807) is 0 Å². The van der Waals surface area contributed by atoms with Gasteiger partial charge in [0.2, 0.25) is 0 Å². The lowest BCUT2D eigenvalue weighted by Gasteiger charge is -2.33. The first-order valence-electron chi connectivity index (χ1n) is 6.47. The number of nitriles is 1. The fourth-order valence-electron chi connectivity index (χ4n) is 2.26. The molecule has 0 saturated carbocycles. The fraction of sp³-hybridized carbons (Fsp3) is 0.500. The van der Waals surface area contributed by atoms with Crippen LogP contribution in [0.4, 0.5) is 13.2 Å². The minimum Gasteiger partial charge on any atom is -0.297 e. The van der Waals surface area contributed by atoms with Gasteiger partial charge in [-0.1, -0.05) is 12.1 Å². The maximum Gasteiger partial charge on any atom is 0.416 e. The molecule has 20 heavy (non-hydrogen) atoms. The summed E-state index contributed by atoms with van der Waals surface area (Å²) in [5.41, 5.74) is 0.270. The molecule has 108 valence electrons. The second-order valence-corrected chi connectivity index (χ2v) is 4.91. The van der Waals surface area contributed by atoms with Gasteiger partial charge >= 0.3 is 6.18 Å². The van der Waals surface area contributed by atoms with Crippen molar-refractivity contribution in [3.63, 3.8) is 0 Å². The van der Waals surface area contributed by atoms with Gasteiger partial charge in [0, 0.05) is 32.7 Å². The Kier molecular flexibility index (Phi) is 4.63. The number of benzene rings is 1. The van der Waals surface area contributed by atoms with Gasteiger partial charge < -0.3 is 0 Å². The summed E-state index contributed by atoms with van der Waals surface area (Å²) in [5, 5.41) is 8.61. The molecule has 0 N–H and O–H groups in total. The highest BCUT2D eigenvalue weighted by Crippen LogP contribution is 2.29. The monoisotopic (exact) mass is 283 g/mol. The molecule has 2 rings (SSSR count). The Bertz CT molecular complexity index is 468. The van der Waals surface area contributed by atoms with Crippen LogP contribution in [0.3, 0.4) is 0 Å². The Morgan fingerprint density at radius 1 is 1.00 bits per heavy atom. The Morgan fingerprint density at radius 2 is 1.55 bits per heavy atom. The highest BCUT2D eigenvalue weighted by Gasteiger charge is 2.30. The molecule has 1 heterocycles. The van der Waals surface area contributed by atoms with Crippen LogP contribution in [0.5, 0.6) is 0 Å². The molecule has 1 saturated heterocycles. The van der Waals surface area contributed by atoms with E-state index in [4.69, 9.17) is 5.26 Å². The van der Waals surface area contributed by atoms with E-state index in [9.17, 15) is 13.2 Å². The summed E-state index contributed by atoms with van der Waals surface area (Å²) in [6.07, 6.45) is -4.28. The summed E-state index contributed by atoms with van der Waals surface area (Å²) >= 11 is 0. The van der Waals surface area contributed by atoms with Crippen molar-refractivity contribution in [1.29, 1.82) is 5.26 Å². The van der Waals surface area contributed by atoms with Crippen molar-refractivity contribution in [3.05, 3.63) is 35.4 Å². The number of rotatable bonds is 3. The first-order chi connectivity index (χ1) is 9.49. The van der Waals surface area contributed by atoms with Gasteiger partial charge in [-0.25, -0.2) is 0 Å². The molecule has 1 aromatic carbocycles. The smallest absolute Gasteiger partial charge is 0.297 e. The van der Waals surface area contributed by atoms with Crippen LogP contribution in [0.25, 0.3) is 0 Å². The largest absolute Gasteiger partial charge is 0.416 e. The van der Waals surface area contributed by atoms with Gasteiger partial charge in [0.05, 0.1) is 18.2 Å². The van der Waals surface area contributed by atoms with Gasteiger partial charge in [0.25, 0.3) is 0 Å². The van der Waals surface area contributed by atoms with E-state index in [0.717, 1.165) is 43.9 Å². The number of alkyl halides is 3. The third-order valence-electron chi connectivity index (χ3n) is 3.45. The molecule has 1 aromatic rings. The summed E-state index contributed by atoms with van der Waals surface area (Å²) in [4.78, 5) is 4.26. The Balaban J connectivity index is 1.87. The standard InChI is InChI=1S/C14H16F3N3/c15-14(16,17)13-3-1-12(2-4-13)11-20-9-7-19(6-5-18)8-10-20/h1-4H,6-11H2. The summed E-state index contributed by atoms with van der Waals surface area (Å²) < 4.78 is 37.4. The maximum absolute atomic E-state index is 12.5. The molecule has 1 aliphatic heterocycles. The molecule has 0 aromatic heterocycles. The Morgan fingerprint density at radius 3 is 2.05 bits per heavy atom. The van der Waals surface area contributed by atoms with Crippen molar-refractivity contribution < 1.29 is 13.2 Å². The quantitative estimate of drug-likeness (QED) is 0.798. The average Bonchev–Trinajstić information content (AvgIpc) is 2.41. The highest BCUT2D eigenvalue weighted by molar-refractivity contribution is 5.24. The minimum atomic E-state index is -4.28. The van der Waals surface area contributed by atoms with Crippen molar-refractivity contribution in [1.82, 2.24) is 9.80 Å². The highest BCUT2D eigenvalue weighted by atomic mass is 19.4. The molecule has 3 nitrogen and oxygen atoms in total. The SMILES string of the molecule is N#CCN1CCN(Cc2ccc(C(F)(F)F)cc2)CC1. The van der Waals surface area contributed by atoms with Gasteiger partial charge in [-0.05, 0) is 17.7 Å². The van der Waals surface area contributed by atoms with Crippen LogP contribution in [0.1, 0.15) is 11.1 Å². The molecular weight excluding hydrogens is 267 g/mol. The molecule has 0 unspecified atom stereocenters. The molecule has 0 atom stereocenters. The van der Waals surface area contributed by atoms with Crippen molar-refractivity contribution >= 4 is 0 Å². The van der Waals surface area contributed by atoms with Crippen molar-refractivity contribution in [2.45, 2.75) is 12.7 Å². The van der Waals surface area contributed by atoms with Crippen LogP contribution in [-0.4, -0.2) is 42.5 Å². The minimum absolute atomic E-state index is 0.439. The first-order valence-corrected chi connectivity index (χ1v) is 6.47. The molecule has 1 fully saturated rings. The topological polar surface area (TPSA) is 30.3 Å². The lowest BCUT2D eigenvalue weighted by molar-refractivity contribution is -0.137. The molecular formula is C14H16F3N3. The zero-order chi connectivity index (χ0) is 14.6. The summed E-state index contributed by atoms with van der Waals surface area (Å²) in [7, 11) is 0. The molecule has 6 heteroatoms. The van der Waals surface area contributed by atoms with E-state index in [2.05, 4.69) is 15.9 Å². The predicted molar refractivity (Wildman–Crippen MR) is 68.8 cm³/mol. The van der Waals surface area contributed by atoms with E-state index in [1.807, 2.05) is 0 Å². The molecule has 0 aliphatic carbocycles. The zero-order valence-corrected chi connectivity index (χ0v) is 11.0. The lowest BCUT2D eigenvalue weighted by atomic mass is 10.1. The van der Waals surface area contributed by atoms with Crippen LogP contribution < -0.4 is 0 Å². The van der Waals surface area contributed by atoms with Gasteiger partial charge in [-0.3, -0.25) is 9.80 Å². The number of piperazine rings is 1. The Labute approximate surface area is 116 Å². The van der Waals surface area contributed by atoms with Crippen LogP contribution in [-0.2, 0) is 12.7 Å². The van der Waals surface area contributed by atoms with E-state index in [0.29, 0.717) is 13.1 Å². The summed E-state index contributed by atoms with van der Waals surface area (Å²) in [6, 6.07) is 7.44. The number of hydrogen-bond acceptors (Lipinski definition) is 3. The third-order valence-corrected chi connectivity index (χ3v) is 3.45. The normalized spacial score (nSPS) is 17.9. The van der Waals surface area contributed by atoms with E-state index < -0.39 is 11.7 Å². The van der Waals surface area contributed by atoms with Crippen LogP contribution >= 0.6 is 0 Å². The van der Waals surface area contributed by atoms with Crippen LogP contribution in [0.2, 0.25) is 0 Å². The van der Waals surface area contributed by atoms with Gasteiger partial charge in [0.1, 0.15) is 0 Å². The van der Waals surface area contributed by atoms with E-state index in [-0.39, 0.29) is 0 Å². The van der Waals surface area contributed by atoms with Crippen molar-refractivity contribution in [2.75, 3.05) is 32.7 Å². The summed E-state index contributed by atoms with van der Waals surface area (Å²) in [5.74, 6) is 0. The number of hydrogen-bond donors (Lipinski definition) is 0. The fourth-order valence-corrected chi connectivity index (χ4v) is 2.26. The second-order valence-electron chi connectivity index (χ2n) is 4.91. The lowest BCUT2D eigenvalue weighted by Crippen LogP contribution is -2.45. The van der Waals surface area contributed by atoms with Gasteiger partial charge in [-0.15, -0.1) is 0 Å². The zero-order valence-electron chi connectivity index (χ0n) is 11.0. The van der Waals surface area contributed by atoms with Crippen molar-refractivity contribution in [2.24, 2.45) is 0 Å². The number of nitrogens with zero attached hydrogens (tertiary/aromatic N) is 3. The van der Waals surface area contributed by atoms with E-state index >= 15 is 0 Å². The molecule has 0 spiro atoms. The number of halogens is 3. The van der Waals surface area contributed by atoms with Crippen LogP contribution in [0, 0.1) is 11.3 Å². The molecule has 0 amide bonds. The molecule has 1 aliphatic rings. The summed E-state index contributed by atoms with van der Waals surface area (Å²) in [6.45, 7) is 4.42. The molecule has 0 bridgehead atoms. The third kappa shape index (κ3) is 3.95. The second kappa shape index (κ2) is 6.25. The average molecular weight is 283 g/mol. The van der Waals surface area contributed by atoms with Gasteiger partial charge in [-0.2, -0.15) is 18.4 Å². The van der Waals surface area contributed by atoms with Gasteiger partial charge in [0.15, 0.2) is 0 Å². The first kappa shape index (κ1) is 14.8. The van der Waals surface area contributed by atoms with Crippen LogP contribution in [0.15, 0.2) is 24.3 Å².